The molecule has 0 aromatic heterocycles. The van der Waals surface area contributed by atoms with Gasteiger partial charge in [-0.2, -0.15) is 0 Å². The average molecular weight is 233 g/mol. The van der Waals surface area contributed by atoms with Crippen LogP contribution in [0.4, 0.5) is 5.69 Å². The molecule has 0 aliphatic rings. The highest BCUT2D eigenvalue weighted by Crippen LogP contribution is 2.16. The highest BCUT2D eigenvalue weighted by atomic mass is 16.3. The summed E-state index contributed by atoms with van der Waals surface area (Å²) in [5.74, 6) is 0.0244. The predicted octanol–water partition coefficient (Wildman–Crippen LogP) is 1.89. The van der Waals surface area contributed by atoms with Gasteiger partial charge < -0.3 is 10.4 Å². The predicted molar refractivity (Wildman–Crippen MR) is 69.5 cm³/mol. The van der Waals surface area contributed by atoms with Gasteiger partial charge in [0.1, 0.15) is 19.9 Å². The lowest BCUT2D eigenvalue weighted by molar-refractivity contribution is -0.458. The van der Waals surface area contributed by atoms with E-state index in [1.807, 2.05) is 18.7 Å². The molecule has 4 nitrogen and oxygen atoms in total. The number of aliphatic hydroxyl groups excluding tert-OH is 1. The van der Waals surface area contributed by atoms with Crippen LogP contribution in [0, 0.1) is 0 Å². The zero-order valence-corrected chi connectivity index (χ0v) is 10.3. The number of aliphatic hydroxyl groups is 1. The van der Waals surface area contributed by atoms with Crippen molar-refractivity contribution in [1.82, 2.24) is 0 Å². The first kappa shape index (κ1) is 13.0. The minimum atomic E-state index is -0.134. The Kier molecular flexibility index (Phi) is 4.46. The van der Waals surface area contributed by atoms with E-state index in [2.05, 4.69) is 5.32 Å². The van der Waals surface area contributed by atoms with Gasteiger partial charge in [0.15, 0.2) is 6.21 Å². The van der Waals surface area contributed by atoms with Gasteiger partial charge in [-0.1, -0.05) is 12.1 Å². The van der Waals surface area contributed by atoms with Crippen molar-refractivity contribution in [3.63, 3.8) is 0 Å². The van der Waals surface area contributed by atoms with Crippen molar-refractivity contribution in [2.24, 2.45) is 0 Å². The SMILES string of the molecule is CC(=O)Nc1cccc(/C(O)=C/C=[N+](C)C)c1. The third-order valence-corrected chi connectivity index (χ3v) is 2.01. The maximum Gasteiger partial charge on any atom is 0.221 e. The molecule has 1 rings (SSSR count). The van der Waals surface area contributed by atoms with Gasteiger partial charge in [0.2, 0.25) is 5.91 Å². The first-order chi connectivity index (χ1) is 7.99. The zero-order valence-electron chi connectivity index (χ0n) is 10.3. The van der Waals surface area contributed by atoms with Gasteiger partial charge in [-0.15, -0.1) is 0 Å². The molecule has 2 N–H and O–H groups in total. The molecule has 0 radical (unpaired) electrons. The molecule has 1 amide bonds. The number of rotatable bonds is 3. The molecule has 90 valence electrons. The summed E-state index contributed by atoms with van der Waals surface area (Å²) in [6, 6.07) is 7.05. The fraction of sp³-hybridized carbons (Fsp3) is 0.231. The summed E-state index contributed by atoms with van der Waals surface area (Å²) in [4.78, 5) is 10.9. The number of carbonyl (C=O) groups is 1. The largest absolute Gasteiger partial charge is 0.507 e. The van der Waals surface area contributed by atoms with E-state index in [1.54, 1.807) is 36.6 Å². The van der Waals surface area contributed by atoms with Crippen LogP contribution < -0.4 is 5.32 Å². The molecular weight excluding hydrogens is 216 g/mol. The van der Waals surface area contributed by atoms with Crippen molar-refractivity contribution in [3.8, 4) is 0 Å². The highest BCUT2D eigenvalue weighted by Gasteiger charge is 2.01. The topological polar surface area (TPSA) is 52.3 Å². The second-order valence-corrected chi connectivity index (χ2v) is 3.93. The summed E-state index contributed by atoms with van der Waals surface area (Å²) in [5, 5.41) is 12.5. The molecule has 1 aromatic rings. The number of benzene rings is 1. The second kappa shape index (κ2) is 5.84. The molecular formula is C13H17N2O2+. The molecule has 0 aliphatic heterocycles. The second-order valence-electron chi connectivity index (χ2n) is 3.93. The van der Waals surface area contributed by atoms with Gasteiger partial charge in [0.25, 0.3) is 0 Å². The summed E-state index contributed by atoms with van der Waals surface area (Å²) >= 11 is 0. The molecule has 4 heteroatoms. The van der Waals surface area contributed by atoms with Gasteiger partial charge in [-0.05, 0) is 12.1 Å². The Labute approximate surface area is 101 Å². The smallest absolute Gasteiger partial charge is 0.221 e. The highest BCUT2D eigenvalue weighted by molar-refractivity contribution is 5.89. The molecule has 0 spiro atoms. The fourth-order valence-corrected chi connectivity index (χ4v) is 1.28. The van der Waals surface area contributed by atoms with Crippen LogP contribution >= 0.6 is 0 Å². The summed E-state index contributed by atoms with van der Waals surface area (Å²) < 4.78 is 1.83. The third-order valence-electron chi connectivity index (χ3n) is 2.01. The third kappa shape index (κ3) is 4.51. The Morgan fingerprint density at radius 3 is 2.71 bits per heavy atom. The van der Waals surface area contributed by atoms with E-state index in [-0.39, 0.29) is 11.7 Å². The first-order valence-electron chi connectivity index (χ1n) is 5.27. The average Bonchev–Trinajstić information content (AvgIpc) is 2.25. The van der Waals surface area contributed by atoms with Crippen LogP contribution in [0.3, 0.4) is 0 Å². The summed E-state index contributed by atoms with van der Waals surface area (Å²) in [5.41, 5.74) is 1.33. The number of hydrogen-bond donors (Lipinski definition) is 2. The quantitative estimate of drug-likeness (QED) is 0.476. The summed E-state index contributed by atoms with van der Waals surface area (Å²) in [7, 11) is 3.75. The van der Waals surface area contributed by atoms with Crippen molar-refractivity contribution >= 4 is 23.6 Å². The molecule has 0 bridgehead atoms. The standard InChI is InChI=1S/C13H16N2O2/c1-10(16)14-12-6-4-5-11(9-12)13(17)7-8-15(2)3/h4-9H,1-3H3,(H,14,16)/p+1. The minimum Gasteiger partial charge on any atom is -0.507 e. The number of carbonyl (C=O) groups excluding carboxylic acids is 1. The first-order valence-corrected chi connectivity index (χ1v) is 5.27. The Morgan fingerprint density at radius 2 is 2.12 bits per heavy atom. The Morgan fingerprint density at radius 1 is 1.41 bits per heavy atom. The fourth-order valence-electron chi connectivity index (χ4n) is 1.28. The van der Waals surface area contributed by atoms with Gasteiger partial charge in [-0.3, -0.25) is 4.79 Å². The van der Waals surface area contributed by atoms with Crippen molar-refractivity contribution in [3.05, 3.63) is 35.9 Å². The van der Waals surface area contributed by atoms with Crippen LogP contribution in [0.25, 0.3) is 5.76 Å². The van der Waals surface area contributed by atoms with Crippen LogP contribution in [0.1, 0.15) is 12.5 Å². The Hall–Kier alpha value is -2.10. The van der Waals surface area contributed by atoms with Gasteiger partial charge in [0, 0.05) is 24.3 Å². The van der Waals surface area contributed by atoms with E-state index < -0.39 is 0 Å². The number of allylic oxidation sites excluding steroid dienone is 1. The van der Waals surface area contributed by atoms with E-state index in [0.717, 1.165) is 0 Å². The van der Waals surface area contributed by atoms with Gasteiger partial charge in [0.05, 0.1) is 0 Å². The molecule has 0 heterocycles. The van der Waals surface area contributed by atoms with Crippen molar-refractivity contribution in [1.29, 1.82) is 0 Å². The summed E-state index contributed by atoms with van der Waals surface area (Å²) in [6.07, 6.45) is 3.35. The maximum atomic E-state index is 10.9. The molecule has 17 heavy (non-hydrogen) atoms. The molecule has 0 unspecified atom stereocenters. The number of nitrogens with zero attached hydrogens (tertiary/aromatic N) is 1. The van der Waals surface area contributed by atoms with Gasteiger partial charge >= 0.3 is 0 Å². The van der Waals surface area contributed by atoms with E-state index in [0.29, 0.717) is 11.3 Å². The number of anilines is 1. The lowest BCUT2D eigenvalue weighted by atomic mass is 10.1. The molecule has 1 aromatic carbocycles. The molecule has 0 fully saturated rings. The monoisotopic (exact) mass is 233 g/mol. The van der Waals surface area contributed by atoms with E-state index in [1.165, 1.54) is 6.92 Å². The lowest BCUT2D eigenvalue weighted by Gasteiger charge is -2.04. The van der Waals surface area contributed by atoms with Crippen LogP contribution in [0.15, 0.2) is 30.3 Å². The number of hydrogen-bond acceptors (Lipinski definition) is 2. The number of amides is 1. The lowest BCUT2D eigenvalue weighted by Crippen LogP contribution is -2.05. The van der Waals surface area contributed by atoms with Gasteiger partial charge in [-0.25, -0.2) is 4.58 Å². The summed E-state index contributed by atoms with van der Waals surface area (Å²) in [6.45, 7) is 1.45. The van der Waals surface area contributed by atoms with Crippen LogP contribution in [0.2, 0.25) is 0 Å². The minimum absolute atomic E-state index is 0.134. The van der Waals surface area contributed by atoms with Crippen LogP contribution in [-0.2, 0) is 4.79 Å². The van der Waals surface area contributed by atoms with Crippen molar-refractivity contribution < 1.29 is 14.5 Å². The molecule has 0 atom stereocenters. The Balaban J connectivity index is 2.95. The van der Waals surface area contributed by atoms with E-state index in [4.69, 9.17) is 0 Å². The van der Waals surface area contributed by atoms with E-state index in [9.17, 15) is 9.90 Å². The van der Waals surface area contributed by atoms with Crippen molar-refractivity contribution in [2.75, 3.05) is 19.4 Å². The Bertz CT molecular complexity index is 472. The molecule has 0 aliphatic carbocycles. The number of nitrogens with one attached hydrogen (secondary N) is 1. The van der Waals surface area contributed by atoms with E-state index >= 15 is 0 Å². The van der Waals surface area contributed by atoms with Crippen LogP contribution in [-0.4, -0.2) is 35.9 Å². The molecule has 0 saturated carbocycles. The van der Waals surface area contributed by atoms with Crippen LogP contribution in [0.5, 0.6) is 0 Å². The molecule has 0 saturated heterocycles. The maximum absolute atomic E-state index is 10.9. The van der Waals surface area contributed by atoms with Crippen molar-refractivity contribution in [2.45, 2.75) is 6.92 Å². The zero-order chi connectivity index (χ0) is 12.8. The normalized spacial score (nSPS) is 10.9.